The number of hydrogen-bond acceptors (Lipinski definition) is 5. The normalized spacial score (nSPS) is 19.7. The van der Waals surface area contributed by atoms with Crippen molar-refractivity contribution in [2.75, 3.05) is 24.5 Å². The largest absolute Gasteiger partial charge is 0.573 e. The van der Waals surface area contributed by atoms with E-state index < -0.39 is 17.9 Å². The Kier molecular flexibility index (Phi) is 8.15. The maximum absolute atomic E-state index is 14.0. The number of carbonyl (C=O) groups is 3. The molecule has 0 bridgehead atoms. The number of aliphatic carboxylic acids is 1. The number of anilines is 1. The van der Waals surface area contributed by atoms with Gasteiger partial charge in [0.2, 0.25) is 0 Å². The molecule has 220 valence electrons. The number of ether oxygens (including phenoxy) is 1. The first-order chi connectivity index (χ1) is 19.5. The maximum Gasteiger partial charge on any atom is 0.573 e. The standard InChI is InChI=1S/C30H34F3N3O5/c31-30(32,33)41-25-11-9-22(10-12-25)20-36-28(40)35(19-21-5-2-1-3-6-21)27(39)29(36)13-15-34(16-14-29)24-8-4-7-23(17-24)18-26(37)38/h4,7-12,17,21H,1-3,5-6,13-16,18-20H2,(H,37,38). The number of carboxylic acids is 1. The number of urea groups is 1. The number of alkyl halides is 3. The van der Waals surface area contributed by atoms with E-state index >= 15 is 0 Å². The number of amides is 3. The van der Waals surface area contributed by atoms with Gasteiger partial charge in [0.05, 0.1) is 6.42 Å². The van der Waals surface area contributed by atoms with Gasteiger partial charge in [-0.3, -0.25) is 14.5 Å². The molecular formula is C30H34F3N3O5. The highest BCUT2D eigenvalue weighted by Crippen LogP contribution is 2.41. The summed E-state index contributed by atoms with van der Waals surface area (Å²) in [4.78, 5) is 44.1. The van der Waals surface area contributed by atoms with Gasteiger partial charge in [0, 0.05) is 31.9 Å². The van der Waals surface area contributed by atoms with Gasteiger partial charge in [-0.1, -0.05) is 43.5 Å². The van der Waals surface area contributed by atoms with Gasteiger partial charge in [-0.05, 0) is 67.0 Å². The summed E-state index contributed by atoms with van der Waals surface area (Å²) in [6.07, 6.45) is 1.16. The van der Waals surface area contributed by atoms with Gasteiger partial charge in [-0.25, -0.2) is 4.79 Å². The maximum atomic E-state index is 14.0. The number of halogens is 3. The molecule has 1 aliphatic carbocycles. The van der Waals surface area contributed by atoms with Crippen LogP contribution < -0.4 is 9.64 Å². The summed E-state index contributed by atoms with van der Waals surface area (Å²) >= 11 is 0. The van der Waals surface area contributed by atoms with Crippen LogP contribution in [-0.4, -0.2) is 64.3 Å². The van der Waals surface area contributed by atoms with Crippen molar-refractivity contribution in [1.29, 1.82) is 0 Å². The molecule has 1 spiro atoms. The third-order valence-corrected chi connectivity index (χ3v) is 8.51. The van der Waals surface area contributed by atoms with E-state index in [-0.39, 0.29) is 36.6 Å². The van der Waals surface area contributed by atoms with Crippen molar-refractivity contribution in [3.63, 3.8) is 0 Å². The molecular weight excluding hydrogens is 539 g/mol. The zero-order valence-electron chi connectivity index (χ0n) is 22.7. The molecule has 3 amide bonds. The Bertz CT molecular complexity index is 1270. The number of carbonyl (C=O) groups excluding carboxylic acids is 2. The molecule has 1 N–H and O–H groups in total. The molecule has 2 heterocycles. The lowest BCUT2D eigenvalue weighted by atomic mass is 9.84. The van der Waals surface area contributed by atoms with Crippen LogP contribution in [0.4, 0.5) is 23.7 Å². The fourth-order valence-corrected chi connectivity index (χ4v) is 6.43. The second-order valence-corrected chi connectivity index (χ2v) is 11.2. The number of nitrogens with zero attached hydrogens (tertiary/aromatic N) is 3. The van der Waals surface area contributed by atoms with Crippen LogP contribution in [-0.2, 0) is 22.6 Å². The van der Waals surface area contributed by atoms with Crippen molar-refractivity contribution >= 4 is 23.6 Å². The first-order valence-electron chi connectivity index (χ1n) is 14.1. The summed E-state index contributed by atoms with van der Waals surface area (Å²) in [7, 11) is 0. The number of imide groups is 1. The SMILES string of the molecule is O=C(O)Cc1cccc(N2CCC3(CC2)C(=O)N(CC2CCCCC2)C(=O)N3Cc2ccc(OC(F)(F)F)cc2)c1. The highest BCUT2D eigenvalue weighted by molar-refractivity contribution is 6.07. The minimum absolute atomic E-state index is 0.0880. The van der Waals surface area contributed by atoms with E-state index in [0.29, 0.717) is 43.6 Å². The Balaban J connectivity index is 1.37. The molecule has 0 radical (unpaired) electrons. The van der Waals surface area contributed by atoms with Crippen LogP contribution in [0.2, 0.25) is 0 Å². The van der Waals surface area contributed by atoms with E-state index in [1.165, 1.54) is 29.2 Å². The lowest BCUT2D eigenvalue weighted by molar-refractivity contribution is -0.274. The number of rotatable bonds is 8. The molecule has 3 fully saturated rings. The summed E-state index contributed by atoms with van der Waals surface area (Å²) in [5, 5.41) is 9.17. The third-order valence-electron chi connectivity index (χ3n) is 8.51. The zero-order valence-corrected chi connectivity index (χ0v) is 22.7. The summed E-state index contributed by atoms with van der Waals surface area (Å²) in [5.74, 6) is -1.20. The molecule has 1 saturated carbocycles. The molecule has 2 aliphatic heterocycles. The van der Waals surface area contributed by atoms with Crippen LogP contribution >= 0.6 is 0 Å². The van der Waals surface area contributed by atoms with Crippen molar-refractivity contribution in [3.05, 3.63) is 59.7 Å². The highest BCUT2D eigenvalue weighted by Gasteiger charge is 2.58. The summed E-state index contributed by atoms with van der Waals surface area (Å²) in [6.45, 7) is 1.45. The topological polar surface area (TPSA) is 90.4 Å². The van der Waals surface area contributed by atoms with Crippen molar-refractivity contribution in [3.8, 4) is 5.75 Å². The predicted octanol–water partition coefficient (Wildman–Crippen LogP) is 5.60. The van der Waals surface area contributed by atoms with E-state index in [4.69, 9.17) is 5.11 Å². The van der Waals surface area contributed by atoms with E-state index in [2.05, 4.69) is 9.64 Å². The molecule has 0 aromatic heterocycles. The molecule has 2 aromatic carbocycles. The van der Waals surface area contributed by atoms with Crippen LogP contribution in [0.1, 0.15) is 56.1 Å². The molecule has 2 saturated heterocycles. The smallest absolute Gasteiger partial charge is 0.481 e. The van der Waals surface area contributed by atoms with Crippen molar-refractivity contribution in [2.45, 2.75) is 69.8 Å². The Morgan fingerprint density at radius 2 is 1.66 bits per heavy atom. The molecule has 5 rings (SSSR count). The lowest BCUT2D eigenvalue weighted by Gasteiger charge is -2.43. The molecule has 0 atom stereocenters. The number of hydrogen-bond donors (Lipinski definition) is 1. The van der Waals surface area contributed by atoms with E-state index in [1.54, 1.807) is 11.0 Å². The molecule has 41 heavy (non-hydrogen) atoms. The van der Waals surface area contributed by atoms with Crippen molar-refractivity contribution in [1.82, 2.24) is 9.80 Å². The van der Waals surface area contributed by atoms with E-state index in [0.717, 1.165) is 37.8 Å². The molecule has 8 nitrogen and oxygen atoms in total. The summed E-state index contributed by atoms with van der Waals surface area (Å²) in [6, 6.07) is 12.4. The Morgan fingerprint density at radius 1 is 0.976 bits per heavy atom. The first-order valence-corrected chi connectivity index (χ1v) is 14.1. The van der Waals surface area contributed by atoms with Gasteiger partial charge < -0.3 is 19.6 Å². The van der Waals surface area contributed by atoms with Gasteiger partial charge in [0.1, 0.15) is 11.3 Å². The molecule has 3 aliphatic rings. The summed E-state index contributed by atoms with van der Waals surface area (Å²) in [5.41, 5.74) is 1.09. The van der Waals surface area contributed by atoms with Gasteiger partial charge in [0.25, 0.3) is 5.91 Å². The Hall–Kier alpha value is -3.76. The minimum Gasteiger partial charge on any atom is -0.481 e. The number of carboxylic acid groups (broad SMARTS) is 1. The zero-order chi connectivity index (χ0) is 29.2. The number of piperidine rings is 1. The van der Waals surface area contributed by atoms with Gasteiger partial charge in [-0.2, -0.15) is 0 Å². The molecule has 2 aromatic rings. The van der Waals surface area contributed by atoms with Gasteiger partial charge in [-0.15, -0.1) is 13.2 Å². The van der Waals surface area contributed by atoms with Crippen LogP contribution in [0.5, 0.6) is 5.75 Å². The average Bonchev–Trinajstić information content (AvgIpc) is 3.11. The predicted molar refractivity (Wildman–Crippen MR) is 144 cm³/mol. The Morgan fingerprint density at radius 3 is 2.29 bits per heavy atom. The minimum atomic E-state index is -4.80. The second kappa shape index (κ2) is 11.6. The first kappa shape index (κ1) is 28.8. The highest BCUT2D eigenvalue weighted by atomic mass is 19.4. The fourth-order valence-electron chi connectivity index (χ4n) is 6.43. The van der Waals surface area contributed by atoms with E-state index in [1.807, 2.05) is 18.2 Å². The number of benzene rings is 2. The summed E-state index contributed by atoms with van der Waals surface area (Å²) < 4.78 is 41.8. The van der Waals surface area contributed by atoms with Gasteiger partial charge in [0.15, 0.2) is 0 Å². The molecule has 11 heteroatoms. The van der Waals surface area contributed by atoms with Crippen LogP contribution in [0.3, 0.4) is 0 Å². The quantitative estimate of drug-likeness (QED) is 0.414. The Labute approximate surface area is 236 Å². The third kappa shape index (κ3) is 6.44. The lowest BCUT2D eigenvalue weighted by Crippen LogP contribution is -2.56. The van der Waals surface area contributed by atoms with Crippen LogP contribution in [0.25, 0.3) is 0 Å². The van der Waals surface area contributed by atoms with E-state index in [9.17, 15) is 27.6 Å². The van der Waals surface area contributed by atoms with Crippen LogP contribution in [0, 0.1) is 5.92 Å². The fraction of sp³-hybridized carbons (Fsp3) is 0.500. The molecule has 0 unspecified atom stereocenters. The monoisotopic (exact) mass is 573 g/mol. The second-order valence-electron chi connectivity index (χ2n) is 11.2. The van der Waals surface area contributed by atoms with Gasteiger partial charge >= 0.3 is 18.4 Å². The average molecular weight is 574 g/mol. The van der Waals surface area contributed by atoms with Crippen molar-refractivity contribution < 1.29 is 37.4 Å². The van der Waals surface area contributed by atoms with Crippen LogP contribution in [0.15, 0.2) is 48.5 Å². The van der Waals surface area contributed by atoms with Crippen molar-refractivity contribution in [2.24, 2.45) is 5.92 Å².